The molecule has 1 aliphatic rings. The molecule has 0 bridgehead atoms. The number of nitrogens with two attached hydrogens (primary N) is 1. The lowest BCUT2D eigenvalue weighted by molar-refractivity contribution is -0.00923. The van der Waals surface area contributed by atoms with Gasteiger partial charge in [-0.2, -0.15) is 0 Å². The van der Waals surface area contributed by atoms with Gasteiger partial charge in [-0.05, 0) is 50.8 Å². The maximum absolute atomic E-state index is 10.1. The van der Waals surface area contributed by atoms with E-state index in [-0.39, 0.29) is 0 Å². The normalized spacial score (nSPS) is 27.7. The van der Waals surface area contributed by atoms with Crippen LogP contribution in [-0.2, 0) is 6.42 Å². The highest BCUT2D eigenvalue weighted by atomic mass is 16.3. The highest BCUT2D eigenvalue weighted by Gasteiger charge is 2.33. The van der Waals surface area contributed by atoms with Gasteiger partial charge in [0, 0.05) is 31.5 Å². The van der Waals surface area contributed by atoms with E-state index in [0.717, 1.165) is 38.6 Å². The van der Waals surface area contributed by atoms with Crippen LogP contribution in [0.15, 0.2) is 24.5 Å². The van der Waals surface area contributed by atoms with Crippen molar-refractivity contribution in [1.29, 1.82) is 0 Å². The van der Waals surface area contributed by atoms with Gasteiger partial charge in [-0.1, -0.05) is 6.07 Å². The fourth-order valence-electron chi connectivity index (χ4n) is 2.82. The standard InChI is InChI=1S/C15H25N3O/c1-18(10-6-13-3-2-9-17-11-13)14-4-7-15(19,12-16)8-5-14/h2-3,9,11,14,19H,4-8,10,12,16H2,1H3. The maximum atomic E-state index is 10.1. The van der Waals surface area contributed by atoms with Crippen LogP contribution in [0.25, 0.3) is 0 Å². The molecule has 1 saturated carbocycles. The van der Waals surface area contributed by atoms with Gasteiger partial charge >= 0.3 is 0 Å². The molecule has 4 nitrogen and oxygen atoms in total. The van der Waals surface area contributed by atoms with Crippen LogP contribution < -0.4 is 5.73 Å². The predicted molar refractivity (Wildman–Crippen MR) is 76.8 cm³/mol. The molecule has 1 aromatic rings. The molecule has 2 rings (SSSR count). The van der Waals surface area contributed by atoms with Crippen molar-refractivity contribution in [2.75, 3.05) is 20.1 Å². The van der Waals surface area contributed by atoms with Crippen molar-refractivity contribution in [2.24, 2.45) is 5.73 Å². The number of hydrogen-bond donors (Lipinski definition) is 2. The van der Waals surface area contributed by atoms with Crippen LogP contribution in [0.1, 0.15) is 31.2 Å². The number of likely N-dealkylation sites (N-methyl/N-ethyl adjacent to an activating group) is 1. The van der Waals surface area contributed by atoms with E-state index in [2.05, 4.69) is 23.0 Å². The van der Waals surface area contributed by atoms with Gasteiger partial charge < -0.3 is 15.7 Å². The maximum Gasteiger partial charge on any atom is 0.0770 e. The number of rotatable bonds is 5. The summed E-state index contributed by atoms with van der Waals surface area (Å²) in [4.78, 5) is 6.55. The minimum Gasteiger partial charge on any atom is -0.389 e. The molecular formula is C15H25N3O. The molecule has 1 fully saturated rings. The average Bonchev–Trinajstić information content (AvgIpc) is 2.47. The summed E-state index contributed by atoms with van der Waals surface area (Å²) in [6.45, 7) is 1.43. The number of nitrogens with zero attached hydrogens (tertiary/aromatic N) is 2. The SMILES string of the molecule is CN(CCc1cccnc1)C1CCC(O)(CN)CC1. The number of aliphatic hydroxyl groups is 1. The summed E-state index contributed by atoms with van der Waals surface area (Å²) >= 11 is 0. The Bertz CT molecular complexity index is 374. The highest BCUT2D eigenvalue weighted by Crippen LogP contribution is 2.29. The first-order valence-corrected chi connectivity index (χ1v) is 7.14. The fraction of sp³-hybridized carbons (Fsp3) is 0.667. The van der Waals surface area contributed by atoms with Crippen molar-refractivity contribution in [3.63, 3.8) is 0 Å². The zero-order valence-electron chi connectivity index (χ0n) is 11.8. The molecule has 0 aromatic carbocycles. The molecule has 1 aliphatic carbocycles. The predicted octanol–water partition coefficient (Wildman–Crippen LogP) is 1.19. The molecule has 1 heterocycles. The first-order valence-electron chi connectivity index (χ1n) is 7.14. The van der Waals surface area contributed by atoms with Gasteiger partial charge in [-0.3, -0.25) is 4.98 Å². The lowest BCUT2D eigenvalue weighted by Gasteiger charge is -2.39. The molecule has 0 amide bonds. The quantitative estimate of drug-likeness (QED) is 0.837. The number of pyridine rings is 1. The topological polar surface area (TPSA) is 62.4 Å². The summed E-state index contributed by atoms with van der Waals surface area (Å²) in [5.41, 5.74) is 6.29. The molecule has 3 N–H and O–H groups in total. The summed E-state index contributed by atoms with van der Waals surface area (Å²) in [6.07, 6.45) is 8.50. The second kappa shape index (κ2) is 6.46. The molecule has 0 unspecified atom stereocenters. The molecule has 0 radical (unpaired) electrons. The molecular weight excluding hydrogens is 238 g/mol. The van der Waals surface area contributed by atoms with E-state index in [9.17, 15) is 5.11 Å². The van der Waals surface area contributed by atoms with Crippen LogP contribution in [-0.4, -0.2) is 46.8 Å². The Morgan fingerprint density at radius 2 is 2.21 bits per heavy atom. The molecule has 0 spiro atoms. The Balaban J connectivity index is 1.77. The van der Waals surface area contributed by atoms with Gasteiger partial charge in [0.2, 0.25) is 0 Å². The molecule has 106 valence electrons. The van der Waals surface area contributed by atoms with E-state index in [1.807, 2.05) is 18.5 Å². The van der Waals surface area contributed by atoms with Gasteiger partial charge in [-0.25, -0.2) is 0 Å². The summed E-state index contributed by atoms with van der Waals surface area (Å²) in [6, 6.07) is 4.68. The Labute approximate surface area is 115 Å². The molecule has 0 aliphatic heterocycles. The van der Waals surface area contributed by atoms with Gasteiger partial charge in [0.1, 0.15) is 0 Å². The van der Waals surface area contributed by atoms with Crippen molar-refractivity contribution in [1.82, 2.24) is 9.88 Å². The second-order valence-electron chi connectivity index (χ2n) is 5.75. The molecule has 19 heavy (non-hydrogen) atoms. The summed E-state index contributed by atoms with van der Waals surface area (Å²) in [7, 11) is 2.17. The Kier molecular flexibility index (Phi) is 4.91. The smallest absolute Gasteiger partial charge is 0.0770 e. The number of aromatic nitrogens is 1. The van der Waals surface area contributed by atoms with E-state index in [1.54, 1.807) is 0 Å². The Morgan fingerprint density at radius 1 is 1.47 bits per heavy atom. The summed E-state index contributed by atoms with van der Waals surface area (Å²) in [5.74, 6) is 0. The minimum absolute atomic E-state index is 0.388. The summed E-state index contributed by atoms with van der Waals surface area (Å²) in [5, 5.41) is 10.1. The fourth-order valence-corrected chi connectivity index (χ4v) is 2.82. The lowest BCUT2D eigenvalue weighted by atomic mass is 9.82. The Morgan fingerprint density at radius 3 is 2.79 bits per heavy atom. The van der Waals surface area contributed by atoms with E-state index in [1.165, 1.54) is 5.56 Å². The Hall–Kier alpha value is -0.970. The third kappa shape index (κ3) is 4.00. The average molecular weight is 263 g/mol. The van der Waals surface area contributed by atoms with Crippen LogP contribution in [0, 0.1) is 0 Å². The van der Waals surface area contributed by atoms with Gasteiger partial charge in [0.25, 0.3) is 0 Å². The van der Waals surface area contributed by atoms with Crippen LogP contribution in [0.3, 0.4) is 0 Å². The molecule has 1 aromatic heterocycles. The monoisotopic (exact) mass is 263 g/mol. The van der Waals surface area contributed by atoms with Crippen LogP contribution in [0.2, 0.25) is 0 Å². The van der Waals surface area contributed by atoms with Crippen LogP contribution >= 0.6 is 0 Å². The van der Waals surface area contributed by atoms with Crippen molar-refractivity contribution in [3.05, 3.63) is 30.1 Å². The van der Waals surface area contributed by atoms with Crippen LogP contribution in [0.4, 0.5) is 0 Å². The van der Waals surface area contributed by atoms with E-state index >= 15 is 0 Å². The lowest BCUT2D eigenvalue weighted by Crippen LogP contribution is -2.46. The highest BCUT2D eigenvalue weighted by molar-refractivity contribution is 5.08. The van der Waals surface area contributed by atoms with E-state index in [4.69, 9.17) is 5.73 Å². The third-order valence-corrected chi connectivity index (χ3v) is 4.37. The second-order valence-corrected chi connectivity index (χ2v) is 5.75. The summed E-state index contributed by atoms with van der Waals surface area (Å²) < 4.78 is 0. The number of hydrogen-bond acceptors (Lipinski definition) is 4. The first kappa shape index (κ1) is 14.4. The van der Waals surface area contributed by atoms with Crippen LogP contribution in [0.5, 0.6) is 0 Å². The van der Waals surface area contributed by atoms with Gasteiger partial charge in [0.15, 0.2) is 0 Å². The molecule has 0 atom stereocenters. The first-order chi connectivity index (χ1) is 9.13. The van der Waals surface area contributed by atoms with Crippen molar-refractivity contribution in [3.8, 4) is 0 Å². The zero-order chi connectivity index (χ0) is 13.7. The largest absolute Gasteiger partial charge is 0.389 e. The molecule has 0 saturated heterocycles. The van der Waals surface area contributed by atoms with E-state index < -0.39 is 5.60 Å². The van der Waals surface area contributed by atoms with Crippen molar-refractivity contribution in [2.45, 2.75) is 43.7 Å². The zero-order valence-corrected chi connectivity index (χ0v) is 11.8. The third-order valence-electron chi connectivity index (χ3n) is 4.37. The minimum atomic E-state index is -0.610. The molecule has 4 heteroatoms. The van der Waals surface area contributed by atoms with Gasteiger partial charge in [-0.15, -0.1) is 0 Å². The van der Waals surface area contributed by atoms with Crippen molar-refractivity contribution >= 4 is 0 Å². The van der Waals surface area contributed by atoms with Crippen molar-refractivity contribution < 1.29 is 5.11 Å². The van der Waals surface area contributed by atoms with E-state index in [0.29, 0.717) is 12.6 Å². The van der Waals surface area contributed by atoms with Gasteiger partial charge in [0.05, 0.1) is 5.60 Å².